The van der Waals surface area contributed by atoms with Crippen molar-refractivity contribution in [2.24, 2.45) is 0 Å². The first kappa shape index (κ1) is 10.8. The molecule has 0 amide bonds. The molecule has 1 aromatic carbocycles. The molecule has 2 rings (SSSR count). The first-order chi connectivity index (χ1) is 7.29. The highest BCUT2D eigenvalue weighted by Gasteiger charge is 2.22. The van der Waals surface area contributed by atoms with Gasteiger partial charge in [0, 0.05) is 11.8 Å². The van der Waals surface area contributed by atoms with Gasteiger partial charge in [0.2, 0.25) is 0 Å². The van der Waals surface area contributed by atoms with Crippen LogP contribution in [-0.4, -0.2) is 18.4 Å². The molecule has 2 atom stereocenters. The lowest BCUT2D eigenvalue weighted by atomic mass is 10.2. The Morgan fingerprint density at radius 2 is 2.40 bits per heavy atom. The Hall–Kier alpha value is -0.670. The minimum atomic E-state index is 0.431. The number of benzene rings is 1. The van der Waals surface area contributed by atoms with Crippen LogP contribution < -0.4 is 10.1 Å². The molecular weight excluding hydrogens is 206 g/mol. The van der Waals surface area contributed by atoms with Crippen LogP contribution in [0.3, 0.4) is 0 Å². The van der Waals surface area contributed by atoms with Gasteiger partial charge in [-0.15, -0.1) is 11.8 Å². The van der Waals surface area contributed by atoms with Crippen LogP contribution in [0.4, 0.5) is 0 Å². The summed E-state index contributed by atoms with van der Waals surface area (Å²) >= 11 is 1.98. The lowest BCUT2D eigenvalue weighted by molar-refractivity contribution is 0.340. The monoisotopic (exact) mass is 223 g/mol. The molecule has 0 aromatic heterocycles. The van der Waals surface area contributed by atoms with Gasteiger partial charge in [0.25, 0.3) is 0 Å². The van der Waals surface area contributed by atoms with Crippen molar-refractivity contribution in [3.63, 3.8) is 0 Å². The summed E-state index contributed by atoms with van der Waals surface area (Å²) in [5, 5.41) is 4.63. The number of rotatable bonds is 3. The summed E-state index contributed by atoms with van der Waals surface area (Å²) in [6, 6.07) is 8.36. The number of hydrogen-bond donors (Lipinski definition) is 1. The largest absolute Gasteiger partial charge is 0.494 e. The predicted molar refractivity (Wildman–Crippen MR) is 65.4 cm³/mol. The van der Waals surface area contributed by atoms with Gasteiger partial charge >= 0.3 is 0 Å². The maximum Gasteiger partial charge on any atom is 0.119 e. The molecule has 3 heteroatoms. The van der Waals surface area contributed by atoms with Crippen molar-refractivity contribution in [2.45, 2.75) is 24.5 Å². The lowest BCUT2D eigenvalue weighted by Crippen LogP contribution is -2.13. The lowest BCUT2D eigenvalue weighted by Gasteiger charge is -2.11. The molecule has 0 radical (unpaired) electrons. The van der Waals surface area contributed by atoms with E-state index in [1.54, 1.807) is 0 Å². The normalized spacial score (nSPS) is 25.5. The van der Waals surface area contributed by atoms with E-state index in [1.807, 2.05) is 24.8 Å². The molecule has 1 heterocycles. The van der Waals surface area contributed by atoms with Crippen LogP contribution in [-0.2, 0) is 0 Å². The molecule has 2 unspecified atom stereocenters. The summed E-state index contributed by atoms with van der Waals surface area (Å²) in [5.41, 5.74) is 1.32. The highest BCUT2D eigenvalue weighted by atomic mass is 32.2. The van der Waals surface area contributed by atoms with Gasteiger partial charge in [0.1, 0.15) is 5.75 Å². The highest BCUT2D eigenvalue weighted by molar-refractivity contribution is 8.00. The van der Waals surface area contributed by atoms with Gasteiger partial charge in [-0.3, -0.25) is 0 Å². The van der Waals surface area contributed by atoms with Crippen molar-refractivity contribution in [3.05, 3.63) is 29.8 Å². The smallest absolute Gasteiger partial charge is 0.119 e. The van der Waals surface area contributed by atoms with Crippen molar-refractivity contribution in [2.75, 3.05) is 13.2 Å². The third kappa shape index (κ3) is 2.67. The van der Waals surface area contributed by atoms with Gasteiger partial charge in [0.15, 0.2) is 0 Å². The van der Waals surface area contributed by atoms with Crippen LogP contribution in [0.25, 0.3) is 0 Å². The molecule has 1 aromatic rings. The van der Waals surface area contributed by atoms with E-state index in [0.29, 0.717) is 10.6 Å². The van der Waals surface area contributed by atoms with Gasteiger partial charge in [-0.1, -0.05) is 19.1 Å². The molecule has 2 nitrogen and oxygen atoms in total. The zero-order valence-electron chi connectivity index (χ0n) is 9.19. The average molecular weight is 223 g/mol. The van der Waals surface area contributed by atoms with Crippen LogP contribution >= 0.6 is 11.8 Å². The molecule has 0 spiro atoms. The Kier molecular flexibility index (Phi) is 3.54. The fourth-order valence-electron chi connectivity index (χ4n) is 1.73. The summed E-state index contributed by atoms with van der Waals surface area (Å²) in [6.45, 7) is 6.08. The molecule has 0 aliphatic carbocycles. The van der Waals surface area contributed by atoms with Crippen molar-refractivity contribution in [3.8, 4) is 5.75 Å². The first-order valence-corrected chi connectivity index (χ1v) is 6.35. The summed E-state index contributed by atoms with van der Waals surface area (Å²) in [5.74, 6) is 0.969. The SMILES string of the molecule is CCOc1cccc(C2NCC(C)S2)c1. The number of hydrogen-bond acceptors (Lipinski definition) is 3. The number of thioether (sulfide) groups is 1. The first-order valence-electron chi connectivity index (χ1n) is 5.41. The summed E-state index contributed by atoms with van der Waals surface area (Å²) in [6.07, 6.45) is 0. The van der Waals surface area contributed by atoms with Crippen LogP contribution in [0, 0.1) is 0 Å². The summed E-state index contributed by atoms with van der Waals surface area (Å²) in [4.78, 5) is 0. The molecule has 1 saturated heterocycles. The molecule has 0 saturated carbocycles. The van der Waals surface area contributed by atoms with Gasteiger partial charge in [-0.2, -0.15) is 0 Å². The van der Waals surface area contributed by atoms with Crippen LogP contribution in [0.1, 0.15) is 24.8 Å². The quantitative estimate of drug-likeness (QED) is 0.851. The van der Waals surface area contributed by atoms with E-state index >= 15 is 0 Å². The minimum absolute atomic E-state index is 0.431. The molecule has 1 fully saturated rings. The molecule has 15 heavy (non-hydrogen) atoms. The Morgan fingerprint density at radius 3 is 3.07 bits per heavy atom. The number of ether oxygens (including phenoxy) is 1. The van der Waals surface area contributed by atoms with Crippen LogP contribution in [0.15, 0.2) is 24.3 Å². The molecule has 1 aliphatic rings. The van der Waals surface area contributed by atoms with Crippen molar-refractivity contribution in [1.29, 1.82) is 0 Å². The maximum absolute atomic E-state index is 5.50. The third-order valence-electron chi connectivity index (χ3n) is 2.43. The molecular formula is C12H17NOS. The highest BCUT2D eigenvalue weighted by Crippen LogP contribution is 2.35. The van der Waals surface area contributed by atoms with Crippen molar-refractivity contribution in [1.82, 2.24) is 5.32 Å². The van der Waals surface area contributed by atoms with E-state index in [9.17, 15) is 0 Å². The molecule has 0 bridgehead atoms. The van der Waals surface area contributed by atoms with Crippen LogP contribution in [0.5, 0.6) is 5.75 Å². The zero-order chi connectivity index (χ0) is 10.7. The van der Waals surface area contributed by atoms with Crippen molar-refractivity contribution >= 4 is 11.8 Å². The maximum atomic E-state index is 5.50. The fraction of sp³-hybridized carbons (Fsp3) is 0.500. The summed E-state index contributed by atoms with van der Waals surface area (Å²) < 4.78 is 5.50. The molecule has 82 valence electrons. The van der Waals surface area contributed by atoms with E-state index in [4.69, 9.17) is 4.74 Å². The Balaban J connectivity index is 2.10. The van der Waals surface area contributed by atoms with E-state index in [2.05, 4.69) is 30.4 Å². The standard InChI is InChI=1S/C12H17NOS/c1-3-14-11-6-4-5-10(7-11)12-13-8-9(2)15-12/h4-7,9,12-13H,3,8H2,1-2H3. The van der Waals surface area contributed by atoms with Gasteiger partial charge < -0.3 is 10.1 Å². The van der Waals surface area contributed by atoms with E-state index < -0.39 is 0 Å². The second-order valence-electron chi connectivity index (χ2n) is 3.74. The van der Waals surface area contributed by atoms with E-state index in [-0.39, 0.29) is 0 Å². The summed E-state index contributed by atoms with van der Waals surface area (Å²) in [7, 11) is 0. The van der Waals surface area contributed by atoms with Gasteiger partial charge in [-0.25, -0.2) is 0 Å². The Morgan fingerprint density at radius 1 is 1.53 bits per heavy atom. The predicted octanol–water partition coefficient (Wildman–Crippen LogP) is 2.81. The average Bonchev–Trinajstić information content (AvgIpc) is 2.66. The van der Waals surface area contributed by atoms with E-state index in [0.717, 1.165) is 18.9 Å². The fourth-order valence-corrected chi connectivity index (χ4v) is 2.89. The topological polar surface area (TPSA) is 21.3 Å². The zero-order valence-corrected chi connectivity index (χ0v) is 10.0. The molecule has 1 N–H and O–H groups in total. The second kappa shape index (κ2) is 4.90. The van der Waals surface area contributed by atoms with Gasteiger partial charge in [-0.05, 0) is 24.6 Å². The third-order valence-corrected chi connectivity index (χ3v) is 3.77. The second-order valence-corrected chi connectivity index (χ2v) is 5.29. The van der Waals surface area contributed by atoms with Gasteiger partial charge in [0.05, 0.1) is 12.0 Å². The Labute approximate surface area is 95.4 Å². The minimum Gasteiger partial charge on any atom is -0.494 e. The van der Waals surface area contributed by atoms with Crippen LogP contribution in [0.2, 0.25) is 0 Å². The van der Waals surface area contributed by atoms with E-state index in [1.165, 1.54) is 5.56 Å². The number of nitrogens with one attached hydrogen (secondary N) is 1. The van der Waals surface area contributed by atoms with Crippen molar-refractivity contribution < 1.29 is 4.74 Å². The molecule has 1 aliphatic heterocycles. The Bertz CT molecular complexity index is 329.